The maximum Gasteiger partial charge on any atom is 0.263 e. The van der Waals surface area contributed by atoms with E-state index in [-0.39, 0.29) is 11.8 Å². The molecule has 0 aliphatic heterocycles. The van der Waals surface area contributed by atoms with Gasteiger partial charge in [0.2, 0.25) is 0 Å². The standard InChI is InChI=1S/C19H15N5O2S2/c25-17(14-11-20-19(28-14)13-7-4-10-27-13)23-16(12-5-2-1-3-6-12)18(26)22-15-8-9-21-24-15/h1-11,16H,(H,23,25)(H2,21,22,24,26). The van der Waals surface area contributed by atoms with Crippen molar-refractivity contribution in [3.63, 3.8) is 0 Å². The molecule has 0 radical (unpaired) electrons. The Morgan fingerprint density at radius 2 is 1.93 bits per heavy atom. The van der Waals surface area contributed by atoms with Gasteiger partial charge in [0.1, 0.15) is 21.7 Å². The number of hydrogen-bond donors (Lipinski definition) is 3. The average Bonchev–Trinajstić information content (AvgIpc) is 3.48. The molecular weight excluding hydrogens is 394 g/mol. The lowest BCUT2D eigenvalue weighted by Crippen LogP contribution is -2.36. The number of thiazole rings is 1. The number of amides is 2. The number of nitrogens with zero attached hydrogens (tertiary/aromatic N) is 2. The summed E-state index contributed by atoms with van der Waals surface area (Å²) in [5, 5.41) is 14.8. The van der Waals surface area contributed by atoms with Crippen LogP contribution in [0.1, 0.15) is 21.3 Å². The molecule has 1 aromatic carbocycles. The molecule has 1 unspecified atom stereocenters. The Labute approximate surface area is 168 Å². The van der Waals surface area contributed by atoms with Crippen LogP contribution in [-0.2, 0) is 4.79 Å². The molecule has 0 bridgehead atoms. The molecule has 9 heteroatoms. The number of thiophene rings is 1. The van der Waals surface area contributed by atoms with E-state index in [0.717, 1.165) is 9.88 Å². The molecule has 28 heavy (non-hydrogen) atoms. The van der Waals surface area contributed by atoms with E-state index in [4.69, 9.17) is 0 Å². The van der Waals surface area contributed by atoms with Gasteiger partial charge < -0.3 is 10.6 Å². The summed E-state index contributed by atoms with van der Waals surface area (Å²) in [6.07, 6.45) is 3.07. The molecule has 0 aliphatic rings. The number of aromatic nitrogens is 3. The second-order valence-corrected chi connectivity index (χ2v) is 7.76. The maximum atomic E-state index is 12.8. The minimum absolute atomic E-state index is 0.353. The van der Waals surface area contributed by atoms with Crippen LogP contribution in [0.2, 0.25) is 0 Å². The van der Waals surface area contributed by atoms with Gasteiger partial charge in [-0.1, -0.05) is 36.4 Å². The monoisotopic (exact) mass is 409 g/mol. The number of nitrogens with one attached hydrogen (secondary N) is 3. The van der Waals surface area contributed by atoms with E-state index in [1.807, 2.05) is 35.7 Å². The summed E-state index contributed by atoms with van der Waals surface area (Å²) in [5.74, 6) is -0.265. The Balaban J connectivity index is 1.55. The van der Waals surface area contributed by atoms with Crippen LogP contribution in [0.3, 0.4) is 0 Å². The van der Waals surface area contributed by atoms with Crippen molar-refractivity contribution in [2.45, 2.75) is 6.04 Å². The zero-order valence-corrected chi connectivity index (χ0v) is 16.1. The normalized spacial score (nSPS) is 11.7. The van der Waals surface area contributed by atoms with Crippen molar-refractivity contribution < 1.29 is 9.59 Å². The minimum atomic E-state index is -0.857. The topological polar surface area (TPSA) is 99.8 Å². The number of H-pyrrole nitrogens is 1. The van der Waals surface area contributed by atoms with Crippen LogP contribution >= 0.6 is 22.7 Å². The molecule has 0 aliphatic carbocycles. The van der Waals surface area contributed by atoms with Gasteiger partial charge in [-0.25, -0.2) is 4.98 Å². The predicted molar refractivity (Wildman–Crippen MR) is 109 cm³/mol. The van der Waals surface area contributed by atoms with Gasteiger partial charge in [-0.2, -0.15) is 5.10 Å². The van der Waals surface area contributed by atoms with Gasteiger partial charge in [-0.3, -0.25) is 14.7 Å². The molecule has 4 aromatic rings. The molecule has 0 spiro atoms. The first-order valence-corrected chi connectivity index (χ1v) is 10.1. The van der Waals surface area contributed by atoms with Gasteiger partial charge in [0, 0.05) is 6.07 Å². The second-order valence-electron chi connectivity index (χ2n) is 5.78. The van der Waals surface area contributed by atoms with Crippen LogP contribution in [0, 0.1) is 0 Å². The van der Waals surface area contributed by atoms with Gasteiger partial charge in [0.05, 0.1) is 17.3 Å². The van der Waals surface area contributed by atoms with Crippen molar-refractivity contribution in [2.75, 3.05) is 5.32 Å². The largest absolute Gasteiger partial charge is 0.336 e. The van der Waals surface area contributed by atoms with Crippen LogP contribution < -0.4 is 10.6 Å². The Morgan fingerprint density at radius 3 is 2.64 bits per heavy atom. The number of aromatic amines is 1. The van der Waals surface area contributed by atoms with Crippen molar-refractivity contribution in [3.8, 4) is 9.88 Å². The van der Waals surface area contributed by atoms with Gasteiger partial charge in [0.25, 0.3) is 11.8 Å². The molecule has 3 aromatic heterocycles. The fourth-order valence-corrected chi connectivity index (χ4v) is 4.19. The quantitative estimate of drug-likeness (QED) is 0.452. The fourth-order valence-electron chi connectivity index (χ4n) is 2.57. The van der Waals surface area contributed by atoms with Gasteiger partial charge in [-0.15, -0.1) is 22.7 Å². The summed E-state index contributed by atoms with van der Waals surface area (Å²) in [6.45, 7) is 0. The van der Waals surface area contributed by atoms with E-state index >= 15 is 0 Å². The fraction of sp³-hybridized carbons (Fsp3) is 0.0526. The van der Waals surface area contributed by atoms with Crippen molar-refractivity contribution >= 4 is 40.3 Å². The first kappa shape index (κ1) is 18.1. The zero-order chi connectivity index (χ0) is 19.3. The molecule has 140 valence electrons. The third kappa shape index (κ3) is 4.00. The Kier molecular flexibility index (Phi) is 5.27. The van der Waals surface area contributed by atoms with Crippen LogP contribution in [0.4, 0.5) is 5.82 Å². The van der Waals surface area contributed by atoms with E-state index in [1.165, 1.54) is 23.7 Å². The van der Waals surface area contributed by atoms with E-state index in [9.17, 15) is 9.59 Å². The minimum Gasteiger partial charge on any atom is -0.336 e. The highest BCUT2D eigenvalue weighted by molar-refractivity contribution is 7.22. The molecule has 3 heterocycles. The summed E-state index contributed by atoms with van der Waals surface area (Å²) in [7, 11) is 0. The first-order valence-electron chi connectivity index (χ1n) is 8.36. The number of rotatable bonds is 6. The number of anilines is 1. The molecular formula is C19H15N5O2S2. The van der Waals surface area contributed by atoms with Gasteiger partial charge in [0.15, 0.2) is 0 Å². The van der Waals surface area contributed by atoms with Crippen molar-refractivity contribution in [2.24, 2.45) is 0 Å². The van der Waals surface area contributed by atoms with E-state index < -0.39 is 6.04 Å². The number of benzene rings is 1. The number of carbonyl (C=O) groups excluding carboxylic acids is 2. The van der Waals surface area contributed by atoms with Gasteiger partial charge in [-0.05, 0) is 17.0 Å². The molecule has 3 N–H and O–H groups in total. The molecule has 1 atom stereocenters. The molecule has 0 fully saturated rings. The zero-order valence-electron chi connectivity index (χ0n) is 14.5. The third-order valence-electron chi connectivity index (χ3n) is 3.89. The summed E-state index contributed by atoms with van der Waals surface area (Å²) >= 11 is 2.85. The maximum absolute atomic E-state index is 12.8. The molecule has 0 saturated carbocycles. The Morgan fingerprint density at radius 1 is 1.07 bits per heavy atom. The van der Waals surface area contributed by atoms with Gasteiger partial charge >= 0.3 is 0 Å². The summed E-state index contributed by atoms with van der Waals surface area (Å²) in [5.41, 5.74) is 0.677. The average molecular weight is 409 g/mol. The van der Waals surface area contributed by atoms with E-state index in [1.54, 1.807) is 29.5 Å². The lowest BCUT2D eigenvalue weighted by molar-refractivity contribution is -0.118. The summed E-state index contributed by atoms with van der Waals surface area (Å²) in [4.78, 5) is 31.3. The lowest BCUT2D eigenvalue weighted by atomic mass is 10.1. The molecule has 7 nitrogen and oxygen atoms in total. The molecule has 2 amide bonds. The van der Waals surface area contributed by atoms with E-state index in [0.29, 0.717) is 16.3 Å². The number of hydrogen-bond acceptors (Lipinski definition) is 6. The number of carbonyl (C=O) groups is 2. The van der Waals surface area contributed by atoms with Crippen molar-refractivity contribution in [1.82, 2.24) is 20.5 Å². The first-order chi connectivity index (χ1) is 13.7. The van der Waals surface area contributed by atoms with Crippen LogP contribution in [0.25, 0.3) is 9.88 Å². The Hall–Kier alpha value is -3.30. The molecule has 4 rings (SSSR count). The lowest BCUT2D eigenvalue weighted by Gasteiger charge is -2.18. The molecule has 0 saturated heterocycles. The predicted octanol–water partition coefficient (Wildman–Crippen LogP) is 3.70. The highest BCUT2D eigenvalue weighted by atomic mass is 32.1. The Bertz CT molecular complexity index is 1060. The van der Waals surface area contributed by atoms with Crippen LogP contribution in [-0.4, -0.2) is 27.0 Å². The smallest absolute Gasteiger partial charge is 0.263 e. The summed E-state index contributed by atoms with van der Waals surface area (Å²) in [6, 6.07) is 13.7. The highest BCUT2D eigenvalue weighted by Crippen LogP contribution is 2.29. The highest BCUT2D eigenvalue weighted by Gasteiger charge is 2.25. The third-order valence-corrected chi connectivity index (χ3v) is 5.93. The van der Waals surface area contributed by atoms with Crippen molar-refractivity contribution in [1.29, 1.82) is 0 Å². The second kappa shape index (κ2) is 8.15. The summed E-state index contributed by atoms with van der Waals surface area (Å²) < 4.78 is 0. The van der Waals surface area contributed by atoms with Crippen molar-refractivity contribution in [3.05, 3.63) is 76.7 Å². The van der Waals surface area contributed by atoms with Crippen LogP contribution in [0.5, 0.6) is 0 Å². The SMILES string of the molecule is O=C(NC(C(=O)Nc1ccn[nH]1)c1ccccc1)c1cnc(-c2cccs2)s1. The van der Waals surface area contributed by atoms with Crippen LogP contribution in [0.15, 0.2) is 66.3 Å². The van der Waals surface area contributed by atoms with E-state index in [2.05, 4.69) is 25.8 Å².